The van der Waals surface area contributed by atoms with Crippen LogP contribution >= 0.6 is 0 Å². The first-order chi connectivity index (χ1) is 9.00. The molecule has 0 radical (unpaired) electrons. The van der Waals surface area contributed by atoms with Crippen molar-refractivity contribution in [2.75, 3.05) is 19.8 Å². The van der Waals surface area contributed by atoms with E-state index in [4.69, 9.17) is 9.84 Å². The molecule has 19 heavy (non-hydrogen) atoms. The number of nitrogens with zero attached hydrogens (tertiary/aromatic N) is 1. The molecule has 1 fully saturated rings. The zero-order chi connectivity index (χ0) is 14.0. The SMILES string of the molecule is CC1COCCN1C(=O)c1ccc(C(=O)O)cc1F. The van der Waals surface area contributed by atoms with E-state index >= 15 is 0 Å². The van der Waals surface area contributed by atoms with Crippen LogP contribution in [-0.2, 0) is 4.74 Å². The van der Waals surface area contributed by atoms with Crippen molar-refractivity contribution in [2.24, 2.45) is 0 Å². The van der Waals surface area contributed by atoms with Gasteiger partial charge < -0.3 is 14.7 Å². The van der Waals surface area contributed by atoms with E-state index in [-0.39, 0.29) is 17.2 Å². The minimum atomic E-state index is -1.22. The molecule has 1 saturated heterocycles. The van der Waals surface area contributed by atoms with Crippen molar-refractivity contribution in [3.05, 3.63) is 35.1 Å². The number of benzene rings is 1. The summed E-state index contributed by atoms with van der Waals surface area (Å²) >= 11 is 0. The molecule has 0 bridgehead atoms. The molecule has 1 unspecified atom stereocenters. The molecule has 1 aromatic rings. The van der Waals surface area contributed by atoms with E-state index in [1.807, 2.05) is 6.92 Å². The first-order valence-electron chi connectivity index (χ1n) is 5.92. The highest BCUT2D eigenvalue weighted by Crippen LogP contribution is 2.16. The lowest BCUT2D eigenvalue weighted by Gasteiger charge is -2.33. The Morgan fingerprint density at radius 2 is 2.21 bits per heavy atom. The second-order valence-corrected chi connectivity index (χ2v) is 4.42. The number of amides is 1. The maximum absolute atomic E-state index is 13.8. The number of ether oxygens (including phenoxy) is 1. The van der Waals surface area contributed by atoms with Gasteiger partial charge in [-0.05, 0) is 25.1 Å². The van der Waals surface area contributed by atoms with Gasteiger partial charge >= 0.3 is 5.97 Å². The van der Waals surface area contributed by atoms with Gasteiger partial charge in [0.05, 0.1) is 30.4 Å². The Hall–Kier alpha value is -1.95. The number of carboxylic acid groups (broad SMARTS) is 1. The number of aromatic carboxylic acids is 1. The summed E-state index contributed by atoms with van der Waals surface area (Å²) in [6.07, 6.45) is 0. The quantitative estimate of drug-likeness (QED) is 0.879. The van der Waals surface area contributed by atoms with Crippen LogP contribution in [0.1, 0.15) is 27.6 Å². The van der Waals surface area contributed by atoms with Crippen LogP contribution in [0.2, 0.25) is 0 Å². The largest absolute Gasteiger partial charge is 0.478 e. The zero-order valence-corrected chi connectivity index (χ0v) is 10.4. The molecule has 0 spiro atoms. The summed E-state index contributed by atoms with van der Waals surface area (Å²) in [5, 5.41) is 8.75. The number of carboxylic acids is 1. The number of morpholine rings is 1. The minimum absolute atomic E-state index is 0.112. The predicted molar refractivity (Wildman–Crippen MR) is 64.7 cm³/mol. The fourth-order valence-electron chi connectivity index (χ4n) is 2.01. The van der Waals surface area contributed by atoms with Gasteiger partial charge in [-0.25, -0.2) is 9.18 Å². The Balaban J connectivity index is 2.26. The van der Waals surface area contributed by atoms with Crippen molar-refractivity contribution in [1.29, 1.82) is 0 Å². The van der Waals surface area contributed by atoms with Gasteiger partial charge in [0.2, 0.25) is 0 Å². The smallest absolute Gasteiger partial charge is 0.335 e. The number of carbonyl (C=O) groups excluding carboxylic acids is 1. The lowest BCUT2D eigenvalue weighted by Crippen LogP contribution is -2.47. The first-order valence-corrected chi connectivity index (χ1v) is 5.92. The second-order valence-electron chi connectivity index (χ2n) is 4.42. The molecule has 2 rings (SSSR count). The Morgan fingerprint density at radius 3 is 2.79 bits per heavy atom. The highest BCUT2D eigenvalue weighted by atomic mass is 19.1. The summed E-state index contributed by atoms with van der Waals surface area (Å²) in [5.41, 5.74) is -0.289. The Labute approximate surface area is 109 Å². The summed E-state index contributed by atoms with van der Waals surface area (Å²) < 4.78 is 19.0. The summed E-state index contributed by atoms with van der Waals surface area (Å²) in [4.78, 5) is 24.4. The van der Waals surface area contributed by atoms with E-state index in [1.165, 1.54) is 17.0 Å². The molecular weight excluding hydrogens is 253 g/mol. The summed E-state index contributed by atoms with van der Waals surface area (Å²) in [6, 6.07) is 3.17. The number of rotatable bonds is 2. The molecule has 1 aliphatic rings. The molecule has 0 aromatic heterocycles. The van der Waals surface area contributed by atoms with Crippen LogP contribution in [0.4, 0.5) is 4.39 Å². The molecule has 1 amide bonds. The number of halogens is 1. The zero-order valence-electron chi connectivity index (χ0n) is 10.4. The summed E-state index contributed by atoms with van der Waals surface area (Å²) in [7, 11) is 0. The number of hydrogen-bond acceptors (Lipinski definition) is 3. The van der Waals surface area contributed by atoms with Gasteiger partial charge in [0, 0.05) is 6.54 Å². The summed E-state index contributed by atoms with van der Waals surface area (Å²) in [5.74, 6) is -2.48. The van der Waals surface area contributed by atoms with Gasteiger partial charge in [-0.2, -0.15) is 0 Å². The lowest BCUT2D eigenvalue weighted by atomic mass is 10.1. The Morgan fingerprint density at radius 1 is 1.47 bits per heavy atom. The Kier molecular flexibility index (Phi) is 3.80. The van der Waals surface area contributed by atoms with E-state index in [2.05, 4.69) is 0 Å². The van der Waals surface area contributed by atoms with Gasteiger partial charge in [0.1, 0.15) is 5.82 Å². The summed E-state index contributed by atoms with van der Waals surface area (Å²) in [6.45, 7) is 3.06. The maximum Gasteiger partial charge on any atom is 0.335 e. The molecule has 6 heteroatoms. The fraction of sp³-hybridized carbons (Fsp3) is 0.385. The minimum Gasteiger partial charge on any atom is -0.478 e. The average molecular weight is 267 g/mol. The van der Waals surface area contributed by atoms with Crippen molar-refractivity contribution < 1.29 is 23.8 Å². The van der Waals surface area contributed by atoms with Crippen molar-refractivity contribution in [2.45, 2.75) is 13.0 Å². The van der Waals surface area contributed by atoms with Crippen LogP contribution < -0.4 is 0 Å². The van der Waals surface area contributed by atoms with Crippen LogP contribution in [0, 0.1) is 5.82 Å². The predicted octanol–water partition coefficient (Wildman–Crippen LogP) is 1.38. The topological polar surface area (TPSA) is 66.8 Å². The molecule has 1 aromatic carbocycles. The lowest BCUT2D eigenvalue weighted by molar-refractivity contribution is 0.00334. The van der Waals surface area contributed by atoms with Crippen molar-refractivity contribution >= 4 is 11.9 Å². The monoisotopic (exact) mass is 267 g/mol. The normalized spacial score (nSPS) is 19.3. The standard InChI is InChI=1S/C13H14FNO4/c1-8-7-19-5-4-15(8)12(16)10-3-2-9(13(17)18)6-11(10)14/h2-3,6,8H,4-5,7H2,1H3,(H,17,18). The molecule has 1 aliphatic heterocycles. The van der Waals surface area contributed by atoms with E-state index in [0.29, 0.717) is 19.8 Å². The third-order valence-corrected chi connectivity index (χ3v) is 3.07. The molecule has 0 aliphatic carbocycles. The third kappa shape index (κ3) is 2.73. The highest BCUT2D eigenvalue weighted by molar-refractivity contribution is 5.96. The van der Waals surface area contributed by atoms with E-state index in [9.17, 15) is 14.0 Å². The van der Waals surface area contributed by atoms with Gasteiger partial charge in [0.15, 0.2) is 0 Å². The van der Waals surface area contributed by atoms with Gasteiger partial charge in [-0.3, -0.25) is 4.79 Å². The van der Waals surface area contributed by atoms with Crippen LogP contribution in [0.5, 0.6) is 0 Å². The molecule has 5 nitrogen and oxygen atoms in total. The molecule has 0 saturated carbocycles. The number of hydrogen-bond donors (Lipinski definition) is 1. The van der Waals surface area contributed by atoms with Gasteiger partial charge in [-0.15, -0.1) is 0 Å². The van der Waals surface area contributed by atoms with Crippen LogP contribution in [0.25, 0.3) is 0 Å². The van der Waals surface area contributed by atoms with Crippen LogP contribution in [0.3, 0.4) is 0 Å². The second kappa shape index (κ2) is 5.36. The average Bonchev–Trinajstić information content (AvgIpc) is 2.38. The van der Waals surface area contributed by atoms with Crippen LogP contribution in [-0.4, -0.2) is 47.7 Å². The van der Waals surface area contributed by atoms with Gasteiger partial charge in [-0.1, -0.05) is 0 Å². The Bertz CT molecular complexity index is 517. The van der Waals surface area contributed by atoms with E-state index < -0.39 is 17.7 Å². The molecule has 1 atom stereocenters. The highest BCUT2D eigenvalue weighted by Gasteiger charge is 2.26. The third-order valence-electron chi connectivity index (χ3n) is 3.07. The van der Waals surface area contributed by atoms with Crippen LogP contribution in [0.15, 0.2) is 18.2 Å². The number of carbonyl (C=O) groups is 2. The van der Waals surface area contributed by atoms with E-state index in [1.54, 1.807) is 0 Å². The van der Waals surface area contributed by atoms with Gasteiger partial charge in [0.25, 0.3) is 5.91 Å². The molecule has 1 heterocycles. The first kappa shape index (κ1) is 13.5. The fourth-order valence-corrected chi connectivity index (χ4v) is 2.01. The molecule has 102 valence electrons. The maximum atomic E-state index is 13.8. The van der Waals surface area contributed by atoms with Crippen molar-refractivity contribution in [3.8, 4) is 0 Å². The van der Waals surface area contributed by atoms with Crippen molar-refractivity contribution in [3.63, 3.8) is 0 Å². The van der Waals surface area contributed by atoms with E-state index in [0.717, 1.165) is 6.07 Å². The molecular formula is C13H14FNO4. The van der Waals surface area contributed by atoms with Crippen molar-refractivity contribution in [1.82, 2.24) is 4.90 Å². The molecule has 1 N–H and O–H groups in total.